The summed E-state index contributed by atoms with van der Waals surface area (Å²) in [4.78, 5) is 13.6. The number of rotatable bonds is 2. The maximum absolute atomic E-state index is 11.5. The second kappa shape index (κ2) is 3.72. The maximum Gasteiger partial charge on any atom is 0.174 e. The van der Waals surface area contributed by atoms with Crippen LogP contribution in [0.2, 0.25) is 0 Å². The fraction of sp³-hybridized carbons (Fsp3) is 0.667. The van der Waals surface area contributed by atoms with Crippen molar-refractivity contribution in [2.75, 3.05) is 13.6 Å². The van der Waals surface area contributed by atoms with E-state index in [2.05, 4.69) is 4.90 Å². The van der Waals surface area contributed by atoms with E-state index in [-0.39, 0.29) is 11.8 Å². The topological polar surface area (TPSA) is 46.3 Å². The molecular weight excluding hydrogens is 152 g/mol. The van der Waals surface area contributed by atoms with Crippen molar-refractivity contribution in [1.82, 2.24) is 4.90 Å². The van der Waals surface area contributed by atoms with E-state index in [0.29, 0.717) is 5.70 Å². The highest BCUT2D eigenvalue weighted by molar-refractivity contribution is 5.94. The minimum absolute atomic E-state index is 0.0727. The molecule has 0 aromatic carbocycles. The molecular formula is C9H16N2O. The van der Waals surface area contributed by atoms with Crippen LogP contribution in [0.1, 0.15) is 19.8 Å². The number of allylic oxidation sites excluding steroid dienone is 1. The first-order valence-electron chi connectivity index (χ1n) is 4.29. The van der Waals surface area contributed by atoms with Crippen molar-refractivity contribution in [2.45, 2.75) is 25.8 Å². The molecule has 68 valence electrons. The molecule has 1 aliphatic heterocycles. The second-order valence-corrected chi connectivity index (χ2v) is 3.43. The Hall–Kier alpha value is -0.830. The highest BCUT2D eigenvalue weighted by atomic mass is 16.1. The molecule has 0 saturated carbocycles. The van der Waals surface area contributed by atoms with Crippen LogP contribution < -0.4 is 5.73 Å². The summed E-state index contributed by atoms with van der Waals surface area (Å²) in [6.45, 7) is 2.76. The minimum Gasteiger partial charge on any atom is -0.402 e. The first-order valence-corrected chi connectivity index (χ1v) is 4.29. The van der Waals surface area contributed by atoms with Gasteiger partial charge in [-0.3, -0.25) is 9.69 Å². The van der Waals surface area contributed by atoms with Gasteiger partial charge >= 0.3 is 0 Å². The Balaban J connectivity index is 2.58. The molecule has 1 fully saturated rings. The summed E-state index contributed by atoms with van der Waals surface area (Å²) in [5.41, 5.74) is 6.03. The molecule has 0 spiro atoms. The zero-order valence-corrected chi connectivity index (χ0v) is 7.71. The molecule has 0 aliphatic carbocycles. The largest absolute Gasteiger partial charge is 0.402 e. The Morgan fingerprint density at radius 2 is 2.33 bits per heavy atom. The molecule has 1 saturated heterocycles. The molecule has 1 unspecified atom stereocenters. The van der Waals surface area contributed by atoms with E-state index in [4.69, 9.17) is 5.73 Å². The predicted octanol–water partition coefficient (Wildman–Crippen LogP) is 0.512. The van der Waals surface area contributed by atoms with Crippen LogP contribution >= 0.6 is 0 Å². The van der Waals surface area contributed by atoms with E-state index in [9.17, 15) is 4.79 Å². The lowest BCUT2D eigenvalue weighted by Gasteiger charge is -2.15. The van der Waals surface area contributed by atoms with Gasteiger partial charge in [0.15, 0.2) is 5.78 Å². The van der Waals surface area contributed by atoms with E-state index in [1.807, 2.05) is 7.05 Å². The number of nitrogens with zero attached hydrogens (tertiary/aromatic N) is 1. The molecule has 1 heterocycles. The molecule has 0 bridgehead atoms. The first-order chi connectivity index (χ1) is 5.61. The molecule has 0 radical (unpaired) electrons. The summed E-state index contributed by atoms with van der Waals surface area (Å²) in [5.74, 6) is 0.148. The molecule has 2 N–H and O–H groups in total. The highest BCUT2D eigenvalue weighted by Crippen LogP contribution is 2.15. The quantitative estimate of drug-likeness (QED) is 0.611. The molecule has 1 aliphatic rings. The minimum atomic E-state index is 0.0727. The Bertz CT molecular complexity index is 207. The average molecular weight is 168 g/mol. The van der Waals surface area contributed by atoms with Crippen molar-refractivity contribution in [3.8, 4) is 0 Å². The van der Waals surface area contributed by atoms with Gasteiger partial charge in [-0.15, -0.1) is 0 Å². The van der Waals surface area contributed by atoms with E-state index < -0.39 is 0 Å². The van der Waals surface area contributed by atoms with Crippen LogP contribution in [0.5, 0.6) is 0 Å². The number of carbonyl (C=O) groups is 1. The van der Waals surface area contributed by atoms with Crippen molar-refractivity contribution in [3.63, 3.8) is 0 Å². The lowest BCUT2D eigenvalue weighted by molar-refractivity contribution is -0.118. The number of nitrogens with two attached hydrogens (primary N) is 1. The van der Waals surface area contributed by atoms with Crippen molar-refractivity contribution >= 4 is 5.78 Å². The van der Waals surface area contributed by atoms with Gasteiger partial charge in [-0.1, -0.05) is 0 Å². The summed E-state index contributed by atoms with van der Waals surface area (Å²) in [6, 6.07) is 0.0727. The first kappa shape index (κ1) is 9.26. The lowest BCUT2D eigenvalue weighted by atomic mass is 10.1. The number of hydrogen-bond acceptors (Lipinski definition) is 3. The third-order valence-electron chi connectivity index (χ3n) is 2.22. The summed E-state index contributed by atoms with van der Waals surface area (Å²) in [6.07, 6.45) is 3.62. The van der Waals surface area contributed by atoms with Crippen LogP contribution in [0.15, 0.2) is 11.8 Å². The number of likely N-dealkylation sites (tertiary alicyclic amines) is 1. The van der Waals surface area contributed by atoms with Gasteiger partial charge in [0.2, 0.25) is 0 Å². The van der Waals surface area contributed by atoms with Gasteiger partial charge in [-0.2, -0.15) is 0 Å². The van der Waals surface area contributed by atoms with E-state index >= 15 is 0 Å². The van der Waals surface area contributed by atoms with E-state index in [1.54, 1.807) is 6.92 Å². The summed E-state index contributed by atoms with van der Waals surface area (Å²) in [5, 5.41) is 0. The average Bonchev–Trinajstić information content (AvgIpc) is 2.33. The molecule has 3 nitrogen and oxygen atoms in total. The Labute approximate surface area is 73.2 Å². The fourth-order valence-electron chi connectivity index (χ4n) is 1.59. The molecule has 0 aromatic rings. The summed E-state index contributed by atoms with van der Waals surface area (Å²) >= 11 is 0. The highest BCUT2D eigenvalue weighted by Gasteiger charge is 2.25. The van der Waals surface area contributed by atoms with E-state index in [0.717, 1.165) is 19.4 Å². The summed E-state index contributed by atoms with van der Waals surface area (Å²) in [7, 11) is 1.98. The van der Waals surface area contributed by atoms with E-state index in [1.165, 1.54) is 6.08 Å². The normalized spacial score (nSPS) is 26.2. The number of hydrogen-bond donors (Lipinski definition) is 1. The Morgan fingerprint density at radius 1 is 1.67 bits per heavy atom. The Morgan fingerprint density at radius 3 is 2.75 bits per heavy atom. The standard InChI is InChI=1S/C9H16N2O/c1-7(10)6-9(12)8-4-3-5-11(8)2/h6,8H,3-5,10H2,1-2H3. The lowest BCUT2D eigenvalue weighted by Crippen LogP contribution is -2.32. The summed E-state index contributed by atoms with van der Waals surface area (Å²) < 4.78 is 0. The number of likely N-dealkylation sites (N-methyl/N-ethyl adjacent to an activating group) is 1. The van der Waals surface area contributed by atoms with Crippen LogP contribution in [-0.2, 0) is 4.79 Å². The monoisotopic (exact) mass is 168 g/mol. The van der Waals surface area contributed by atoms with Gasteiger partial charge in [0.1, 0.15) is 0 Å². The third-order valence-corrected chi connectivity index (χ3v) is 2.22. The zero-order valence-electron chi connectivity index (χ0n) is 7.71. The van der Waals surface area contributed by atoms with Gasteiger partial charge in [-0.25, -0.2) is 0 Å². The van der Waals surface area contributed by atoms with Gasteiger partial charge in [0.05, 0.1) is 6.04 Å². The number of ketones is 1. The zero-order chi connectivity index (χ0) is 9.14. The Kier molecular flexibility index (Phi) is 2.87. The van der Waals surface area contributed by atoms with Crippen LogP contribution in [0.25, 0.3) is 0 Å². The predicted molar refractivity (Wildman–Crippen MR) is 48.6 cm³/mol. The number of carbonyl (C=O) groups excluding carboxylic acids is 1. The van der Waals surface area contributed by atoms with Crippen LogP contribution in [-0.4, -0.2) is 30.3 Å². The fourth-order valence-corrected chi connectivity index (χ4v) is 1.59. The van der Waals surface area contributed by atoms with Crippen LogP contribution in [0.4, 0.5) is 0 Å². The van der Waals surface area contributed by atoms with Crippen molar-refractivity contribution in [3.05, 3.63) is 11.8 Å². The smallest absolute Gasteiger partial charge is 0.174 e. The van der Waals surface area contributed by atoms with Crippen LogP contribution in [0, 0.1) is 0 Å². The molecule has 0 amide bonds. The van der Waals surface area contributed by atoms with Crippen molar-refractivity contribution in [1.29, 1.82) is 0 Å². The molecule has 0 aromatic heterocycles. The van der Waals surface area contributed by atoms with Crippen molar-refractivity contribution in [2.24, 2.45) is 5.73 Å². The van der Waals surface area contributed by atoms with Gasteiger partial charge in [0.25, 0.3) is 0 Å². The molecule has 1 rings (SSSR count). The molecule has 1 atom stereocenters. The SMILES string of the molecule is CC(N)=CC(=O)C1CCCN1C. The van der Waals surface area contributed by atoms with Gasteiger partial charge < -0.3 is 5.73 Å². The van der Waals surface area contributed by atoms with Gasteiger partial charge in [-0.05, 0) is 33.4 Å². The second-order valence-electron chi connectivity index (χ2n) is 3.43. The van der Waals surface area contributed by atoms with Gasteiger partial charge in [0, 0.05) is 11.8 Å². The van der Waals surface area contributed by atoms with Crippen LogP contribution in [0.3, 0.4) is 0 Å². The molecule has 3 heteroatoms. The van der Waals surface area contributed by atoms with Crippen molar-refractivity contribution < 1.29 is 4.79 Å². The molecule has 12 heavy (non-hydrogen) atoms. The maximum atomic E-state index is 11.5. The third kappa shape index (κ3) is 2.08.